The first-order chi connectivity index (χ1) is 16.1. The van der Waals surface area contributed by atoms with Gasteiger partial charge >= 0.3 is 0 Å². The molecule has 5 rings (SSSR count). The van der Waals surface area contributed by atoms with Gasteiger partial charge in [-0.2, -0.15) is 0 Å². The predicted molar refractivity (Wildman–Crippen MR) is 137 cm³/mol. The van der Waals surface area contributed by atoms with Gasteiger partial charge in [0.15, 0.2) is 0 Å². The lowest BCUT2D eigenvalue weighted by Crippen LogP contribution is -2.43. The van der Waals surface area contributed by atoms with Crippen molar-refractivity contribution in [3.63, 3.8) is 0 Å². The summed E-state index contributed by atoms with van der Waals surface area (Å²) in [5.41, 5.74) is 14.2. The van der Waals surface area contributed by atoms with Gasteiger partial charge in [0.1, 0.15) is 5.82 Å². The van der Waals surface area contributed by atoms with E-state index in [0.29, 0.717) is 5.70 Å². The fourth-order valence-corrected chi connectivity index (χ4v) is 4.25. The largest absolute Gasteiger partial charge is 0.397 e. The molecular formula is C27H28N6. The molecular weight excluding hydrogens is 408 g/mol. The molecule has 3 N–H and O–H groups in total. The quantitative estimate of drug-likeness (QED) is 0.476. The minimum Gasteiger partial charge on any atom is -0.397 e. The Kier molecular flexibility index (Phi) is 5.57. The van der Waals surface area contributed by atoms with Gasteiger partial charge in [0, 0.05) is 43.6 Å². The van der Waals surface area contributed by atoms with Gasteiger partial charge in [-0.1, -0.05) is 24.8 Å². The van der Waals surface area contributed by atoms with Crippen molar-refractivity contribution in [2.45, 2.75) is 6.92 Å². The Bertz CT molecular complexity index is 1310. The third-order valence-corrected chi connectivity index (χ3v) is 6.22. The van der Waals surface area contributed by atoms with Crippen LogP contribution >= 0.6 is 0 Å². The van der Waals surface area contributed by atoms with Crippen molar-refractivity contribution in [3.05, 3.63) is 90.4 Å². The second kappa shape index (κ2) is 8.82. The third kappa shape index (κ3) is 4.32. The molecule has 0 saturated carbocycles. The summed E-state index contributed by atoms with van der Waals surface area (Å²) in [5, 5.41) is 0. The second-order valence-electron chi connectivity index (χ2n) is 8.38. The van der Waals surface area contributed by atoms with E-state index >= 15 is 0 Å². The zero-order chi connectivity index (χ0) is 22.8. The molecule has 1 saturated heterocycles. The number of benzene rings is 2. The van der Waals surface area contributed by atoms with Gasteiger partial charge in [0.25, 0.3) is 0 Å². The topological polar surface area (TPSA) is 74.1 Å². The first kappa shape index (κ1) is 20.8. The molecule has 33 heavy (non-hydrogen) atoms. The fourth-order valence-electron chi connectivity index (χ4n) is 4.25. The highest BCUT2D eigenvalue weighted by Gasteiger charge is 2.16. The number of imidazole rings is 1. The Morgan fingerprint density at radius 1 is 1.06 bits per heavy atom. The normalized spacial score (nSPS) is 14.6. The molecule has 166 valence electrons. The highest BCUT2D eigenvalue weighted by molar-refractivity contribution is 5.84. The molecule has 0 aliphatic carbocycles. The number of H-pyrrole nitrogens is 1. The number of aromatic amines is 1. The number of aromatic nitrogens is 3. The van der Waals surface area contributed by atoms with E-state index in [1.54, 1.807) is 6.20 Å². The highest BCUT2D eigenvalue weighted by Crippen LogP contribution is 2.27. The number of nitrogens with two attached hydrogens (primary N) is 1. The lowest BCUT2D eigenvalue weighted by atomic mass is 10.0. The molecule has 2 aromatic heterocycles. The van der Waals surface area contributed by atoms with E-state index in [9.17, 15) is 0 Å². The summed E-state index contributed by atoms with van der Waals surface area (Å²) in [4.78, 5) is 17.3. The molecule has 4 aromatic rings. The van der Waals surface area contributed by atoms with Gasteiger partial charge in [-0.05, 0) is 66.7 Å². The van der Waals surface area contributed by atoms with Crippen LogP contribution in [-0.4, -0.2) is 46.0 Å². The number of hydrogen-bond donors (Lipinski definition) is 2. The number of aryl methyl sites for hydroxylation is 1. The number of anilines is 1. The van der Waals surface area contributed by atoms with Crippen molar-refractivity contribution in [3.8, 4) is 11.4 Å². The number of pyridine rings is 1. The molecule has 3 heterocycles. The summed E-state index contributed by atoms with van der Waals surface area (Å²) >= 11 is 0. The summed E-state index contributed by atoms with van der Waals surface area (Å²) in [6.45, 7) is 9.95. The maximum Gasteiger partial charge on any atom is 0.138 e. The SMILES string of the molecule is C=CN1CCN(c2ccc3nc(-c4ccc(/C=C(\N)c5ccccn5)c(C)c4)[nH]c3c2)CC1. The molecule has 0 amide bonds. The van der Waals surface area contributed by atoms with Crippen LogP contribution in [0.15, 0.2) is 73.6 Å². The Labute approximate surface area is 194 Å². The summed E-state index contributed by atoms with van der Waals surface area (Å²) < 4.78 is 0. The van der Waals surface area contributed by atoms with E-state index in [1.807, 2.05) is 30.5 Å². The number of hydrogen-bond acceptors (Lipinski definition) is 5. The molecule has 1 fully saturated rings. The van der Waals surface area contributed by atoms with E-state index in [2.05, 4.69) is 69.7 Å². The molecule has 1 aliphatic heterocycles. The van der Waals surface area contributed by atoms with Gasteiger partial charge in [-0.15, -0.1) is 0 Å². The molecule has 0 unspecified atom stereocenters. The van der Waals surface area contributed by atoms with Crippen LogP contribution in [0.25, 0.3) is 34.2 Å². The smallest absolute Gasteiger partial charge is 0.138 e. The van der Waals surface area contributed by atoms with Gasteiger partial charge in [0.2, 0.25) is 0 Å². The van der Waals surface area contributed by atoms with Crippen LogP contribution in [0.5, 0.6) is 0 Å². The minimum atomic E-state index is 0.650. The first-order valence-electron chi connectivity index (χ1n) is 11.2. The first-order valence-corrected chi connectivity index (χ1v) is 11.2. The Hall–Kier alpha value is -4.06. The Balaban J connectivity index is 1.39. The molecule has 6 nitrogen and oxygen atoms in total. The van der Waals surface area contributed by atoms with Crippen LogP contribution < -0.4 is 10.6 Å². The molecule has 0 spiro atoms. The van der Waals surface area contributed by atoms with E-state index in [0.717, 1.165) is 65.4 Å². The van der Waals surface area contributed by atoms with Crippen LogP contribution in [-0.2, 0) is 0 Å². The lowest BCUT2D eigenvalue weighted by molar-refractivity contribution is 0.350. The lowest BCUT2D eigenvalue weighted by Gasteiger charge is -2.35. The maximum atomic E-state index is 6.26. The number of nitrogens with one attached hydrogen (secondary N) is 1. The van der Waals surface area contributed by atoms with Gasteiger partial charge < -0.3 is 20.5 Å². The second-order valence-corrected chi connectivity index (χ2v) is 8.38. The van der Waals surface area contributed by atoms with Crippen LogP contribution in [0.1, 0.15) is 16.8 Å². The van der Waals surface area contributed by atoms with E-state index in [4.69, 9.17) is 10.7 Å². The van der Waals surface area contributed by atoms with Crippen LogP contribution in [0.2, 0.25) is 0 Å². The number of nitrogens with zero attached hydrogens (tertiary/aromatic N) is 4. The summed E-state index contributed by atoms with van der Waals surface area (Å²) in [6, 6.07) is 18.5. The van der Waals surface area contributed by atoms with Gasteiger partial charge in [0.05, 0.1) is 22.4 Å². The van der Waals surface area contributed by atoms with Gasteiger partial charge in [-0.3, -0.25) is 4.98 Å². The molecule has 0 radical (unpaired) electrons. The molecule has 1 aliphatic rings. The van der Waals surface area contributed by atoms with Crippen LogP contribution in [0, 0.1) is 6.92 Å². The average Bonchev–Trinajstić information content (AvgIpc) is 3.29. The van der Waals surface area contributed by atoms with Crippen LogP contribution in [0.4, 0.5) is 5.69 Å². The van der Waals surface area contributed by atoms with Crippen molar-refractivity contribution in [2.75, 3.05) is 31.1 Å². The summed E-state index contributed by atoms with van der Waals surface area (Å²) in [6.07, 6.45) is 5.65. The predicted octanol–water partition coefficient (Wildman–Crippen LogP) is 4.66. The zero-order valence-electron chi connectivity index (χ0n) is 18.8. The molecule has 0 atom stereocenters. The van der Waals surface area contributed by atoms with Gasteiger partial charge in [-0.25, -0.2) is 4.98 Å². The third-order valence-electron chi connectivity index (χ3n) is 6.22. The van der Waals surface area contributed by atoms with Crippen LogP contribution in [0.3, 0.4) is 0 Å². The molecule has 2 aromatic carbocycles. The number of piperazine rings is 1. The summed E-state index contributed by atoms with van der Waals surface area (Å²) in [5.74, 6) is 0.870. The van der Waals surface area contributed by atoms with Crippen molar-refractivity contribution in [1.82, 2.24) is 19.9 Å². The standard InChI is InChI=1S/C27H28N6/c1-3-32-12-14-33(15-13-32)22-9-10-25-26(18-22)31-27(30-25)21-8-7-20(19(2)16-21)17-23(28)24-6-4-5-11-29-24/h3-11,16-18H,1,12-15,28H2,2H3,(H,30,31)/b23-17-. The maximum absolute atomic E-state index is 6.26. The van der Waals surface area contributed by atoms with Crippen molar-refractivity contribution in [1.29, 1.82) is 0 Å². The fraction of sp³-hybridized carbons (Fsp3) is 0.185. The molecule has 0 bridgehead atoms. The average molecular weight is 437 g/mol. The van der Waals surface area contributed by atoms with E-state index in [-0.39, 0.29) is 0 Å². The van der Waals surface area contributed by atoms with E-state index in [1.165, 1.54) is 5.69 Å². The molecule has 6 heteroatoms. The Morgan fingerprint density at radius 2 is 1.91 bits per heavy atom. The monoisotopic (exact) mass is 436 g/mol. The zero-order valence-corrected chi connectivity index (χ0v) is 18.8. The van der Waals surface area contributed by atoms with Crippen molar-refractivity contribution < 1.29 is 0 Å². The number of fused-ring (bicyclic) bond motifs is 1. The number of rotatable bonds is 5. The summed E-state index contributed by atoms with van der Waals surface area (Å²) in [7, 11) is 0. The van der Waals surface area contributed by atoms with Crippen molar-refractivity contribution in [2.24, 2.45) is 5.73 Å². The van der Waals surface area contributed by atoms with Crippen molar-refractivity contribution >= 4 is 28.5 Å². The minimum absolute atomic E-state index is 0.650. The Morgan fingerprint density at radius 3 is 2.64 bits per heavy atom. The highest BCUT2D eigenvalue weighted by atomic mass is 15.3. The van der Waals surface area contributed by atoms with E-state index < -0.39 is 0 Å².